The van der Waals surface area contributed by atoms with E-state index in [-0.39, 0.29) is 12.6 Å². The van der Waals surface area contributed by atoms with Crippen LogP contribution in [0.5, 0.6) is 0 Å². The summed E-state index contributed by atoms with van der Waals surface area (Å²) < 4.78 is 44.6. The van der Waals surface area contributed by atoms with Gasteiger partial charge in [0.15, 0.2) is 12.6 Å². The second-order valence-corrected chi connectivity index (χ2v) is 6.77. The first-order valence-electron chi connectivity index (χ1n) is 5.18. The van der Waals surface area contributed by atoms with E-state index in [1.165, 1.54) is 0 Å². The predicted molar refractivity (Wildman–Crippen MR) is 65.9 cm³/mol. The Hall–Kier alpha value is -0.480. The lowest BCUT2D eigenvalue weighted by Crippen LogP contribution is -2.33. The van der Waals surface area contributed by atoms with Gasteiger partial charge in [-0.2, -0.15) is 4.31 Å². The summed E-state index contributed by atoms with van der Waals surface area (Å²) >= 11 is 0. The summed E-state index contributed by atoms with van der Waals surface area (Å²) in [7, 11) is -8.52. The van der Waals surface area contributed by atoms with E-state index < -0.39 is 27.2 Å². The maximum Gasteiger partial charge on any atom is 0.484 e. The van der Waals surface area contributed by atoms with E-state index >= 15 is 0 Å². The van der Waals surface area contributed by atoms with Crippen molar-refractivity contribution in [3.8, 4) is 0 Å². The Morgan fingerprint density at radius 2 is 1.14 bits per heavy atom. The largest absolute Gasteiger partial charge is 0.484 e. The fourth-order valence-electron chi connectivity index (χ4n) is 0.836. The van der Waals surface area contributed by atoms with Crippen molar-refractivity contribution in [2.75, 3.05) is 14.2 Å². The minimum absolute atomic E-state index is 0.0209. The van der Waals surface area contributed by atoms with Crippen molar-refractivity contribution in [2.24, 2.45) is 0 Å². The highest BCUT2D eigenvalue weighted by Crippen LogP contribution is 2.62. The van der Waals surface area contributed by atoms with Crippen molar-refractivity contribution in [1.82, 2.24) is 0 Å². The molecule has 0 spiro atoms. The summed E-state index contributed by atoms with van der Waals surface area (Å²) in [5.41, 5.74) is 0. The Balaban J connectivity index is 5.08. The molecule has 21 heavy (non-hydrogen) atoms. The maximum atomic E-state index is 11.6. The first-order chi connectivity index (χ1) is 9.36. The van der Waals surface area contributed by atoms with Gasteiger partial charge in [-0.15, -0.1) is 0 Å². The lowest BCUT2D eigenvalue weighted by atomic mass is 10.4. The third-order valence-corrected chi connectivity index (χ3v) is 4.88. The monoisotopic (exact) mass is 350 g/mol. The molecule has 0 aliphatic carbocycles. The number of rotatable bonds is 10. The molecule has 13 heteroatoms. The zero-order valence-electron chi connectivity index (χ0n) is 11.6. The maximum absolute atomic E-state index is 11.6. The highest BCUT2D eigenvalue weighted by molar-refractivity contribution is 7.61. The molecule has 0 aromatic rings. The molecule has 11 nitrogen and oxygen atoms in total. The van der Waals surface area contributed by atoms with E-state index in [0.717, 1.165) is 28.1 Å². The molecule has 0 amide bonds. The molecule has 0 aromatic carbocycles. The van der Waals surface area contributed by atoms with Crippen LogP contribution in [0.25, 0.3) is 0 Å². The summed E-state index contributed by atoms with van der Waals surface area (Å²) in [5.74, 6) is -4.39. The van der Waals surface area contributed by atoms with Crippen LogP contribution in [0.15, 0.2) is 0 Å². The standard InChI is InChI=1S/C8H16O11P2/c1-7(5-9,15-3)17-20(11,12)19-21(13,14)18-8(2,6-10)16-4/h5-6H,1-4H3,(H,11,12)(H,13,14). The molecule has 2 N–H and O–H groups in total. The van der Waals surface area contributed by atoms with Gasteiger partial charge in [-0.25, -0.2) is 18.2 Å². The molecular formula is C8H16O11P2. The van der Waals surface area contributed by atoms with Crippen LogP contribution in [0.2, 0.25) is 0 Å². The summed E-state index contributed by atoms with van der Waals surface area (Å²) in [4.78, 5) is 40.0. The Kier molecular flexibility index (Phi) is 7.02. The summed E-state index contributed by atoms with van der Waals surface area (Å²) in [6.07, 6.45) is 0.0418. The van der Waals surface area contributed by atoms with Gasteiger partial charge in [0, 0.05) is 14.2 Å². The third kappa shape index (κ3) is 6.88. The van der Waals surface area contributed by atoms with Crippen molar-refractivity contribution in [2.45, 2.75) is 25.4 Å². The summed E-state index contributed by atoms with van der Waals surface area (Å²) in [6.45, 7) is 1.92. The zero-order valence-corrected chi connectivity index (χ0v) is 13.4. The van der Waals surface area contributed by atoms with Gasteiger partial charge in [-0.3, -0.25) is 9.59 Å². The van der Waals surface area contributed by atoms with Crippen molar-refractivity contribution < 1.29 is 51.3 Å². The lowest BCUT2D eigenvalue weighted by Gasteiger charge is -2.27. The molecule has 124 valence electrons. The number of aldehydes is 2. The Morgan fingerprint density at radius 1 is 0.857 bits per heavy atom. The average Bonchev–Trinajstić information content (AvgIpc) is 2.35. The minimum Gasteiger partial charge on any atom is -0.347 e. The molecule has 4 unspecified atom stereocenters. The van der Waals surface area contributed by atoms with Crippen LogP contribution in [0.3, 0.4) is 0 Å². The Morgan fingerprint density at radius 3 is 1.33 bits per heavy atom. The van der Waals surface area contributed by atoms with Gasteiger partial charge in [0.05, 0.1) is 0 Å². The van der Waals surface area contributed by atoms with Gasteiger partial charge < -0.3 is 19.3 Å². The molecule has 0 aliphatic heterocycles. The SMILES string of the molecule is COC(C)(C=O)OP(=O)(O)OP(=O)(O)OC(C)(C=O)OC. The number of hydrogen-bond acceptors (Lipinski definition) is 9. The van der Waals surface area contributed by atoms with Crippen LogP contribution in [0, 0.1) is 0 Å². The number of carbonyl (C=O) groups is 2. The third-order valence-electron chi connectivity index (χ3n) is 2.04. The molecule has 0 bridgehead atoms. The molecule has 0 rings (SSSR count). The molecule has 0 fully saturated rings. The van der Waals surface area contributed by atoms with E-state index in [4.69, 9.17) is 0 Å². The second kappa shape index (κ2) is 7.19. The first-order valence-corrected chi connectivity index (χ1v) is 8.17. The fraction of sp³-hybridized carbons (Fsp3) is 0.750. The number of phosphoric acid groups is 2. The molecule has 0 heterocycles. The van der Waals surface area contributed by atoms with Crippen LogP contribution in [0.1, 0.15) is 13.8 Å². The van der Waals surface area contributed by atoms with Crippen LogP contribution in [0.4, 0.5) is 0 Å². The van der Waals surface area contributed by atoms with Gasteiger partial charge in [0.2, 0.25) is 11.6 Å². The second-order valence-electron chi connectivity index (χ2n) is 3.88. The highest BCUT2D eigenvalue weighted by Gasteiger charge is 2.45. The first kappa shape index (κ1) is 20.5. The van der Waals surface area contributed by atoms with E-state index in [1.807, 2.05) is 0 Å². The quantitative estimate of drug-likeness (QED) is 0.318. The van der Waals surface area contributed by atoms with Crippen LogP contribution in [-0.2, 0) is 41.6 Å². The fourth-order valence-corrected chi connectivity index (χ4v) is 3.30. The normalized spacial score (nSPS) is 23.1. The van der Waals surface area contributed by atoms with Crippen LogP contribution in [-0.4, -0.2) is 48.2 Å². The van der Waals surface area contributed by atoms with E-state index in [2.05, 4.69) is 22.8 Å². The van der Waals surface area contributed by atoms with Gasteiger partial charge in [0.1, 0.15) is 0 Å². The minimum atomic E-state index is -5.24. The van der Waals surface area contributed by atoms with Crippen molar-refractivity contribution in [3.63, 3.8) is 0 Å². The number of methoxy groups -OCH3 is 2. The number of carbonyl (C=O) groups excluding carboxylic acids is 2. The topological polar surface area (TPSA) is 155 Å². The van der Waals surface area contributed by atoms with Gasteiger partial charge in [0.25, 0.3) is 0 Å². The Bertz CT molecular complexity index is 437. The molecule has 0 aromatic heterocycles. The molecule has 0 radical (unpaired) electrons. The molecule has 0 aliphatic rings. The zero-order chi connectivity index (χ0) is 16.9. The highest BCUT2D eigenvalue weighted by atomic mass is 31.3. The molecule has 0 saturated carbocycles. The van der Waals surface area contributed by atoms with Gasteiger partial charge in [-0.05, 0) is 13.8 Å². The molecule has 4 atom stereocenters. The van der Waals surface area contributed by atoms with Gasteiger partial charge in [-0.1, -0.05) is 0 Å². The number of hydrogen-bond donors (Lipinski definition) is 2. The van der Waals surface area contributed by atoms with E-state index in [0.29, 0.717) is 0 Å². The number of ether oxygens (including phenoxy) is 2. The number of phosphoric ester groups is 2. The van der Waals surface area contributed by atoms with Gasteiger partial charge >= 0.3 is 15.6 Å². The summed E-state index contributed by atoms with van der Waals surface area (Å²) in [6, 6.07) is 0. The smallest absolute Gasteiger partial charge is 0.347 e. The van der Waals surface area contributed by atoms with Crippen molar-refractivity contribution in [3.05, 3.63) is 0 Å². The summed E-state index contributed by atoms with van der Waals surface area (Å²) in [5, 5.41) is 0. The van der Waals surface area contributed by atoms with E-state index in [9.17, 15) is 28.5 Å². The van der Waals surface area contributed by atoms with Crippen LogP contribution < -0.4 is 0 Å². The predicted octanol–water partition coefficient (Wildman–Crippen LogP) is 0.360. The van der Waals surface area contributed by atoms with Crippen molar-refractivity contribution in [1.29, 1.82) is 0 Å². The van der Waals surface area contributed by atoms with E-state index in [1.54, 1.807) is 0 Å². The lowest BCUT2D eigenvalue weighted by molar-refractivity contribution is -0.172. The Labute approximate surface area is 120 Å². The van der Waals surface area contributed by atoms with Crippen LogP contribution >= 0.6 is 15.6 Å². The molecular weight excluding hydrogens is 334 g/mol. The molecule has 0 saturated heterocycles. The average molecular weight is 350 g/mol. The van der Waals surface area contributed by atoms with Crippen molar-refractivity contribution >= 4 is 28.2 Å².